The Morgan fingerprint density at radius 2 is 1.66 bits per heavy atom. The van der Waals surface area contributed by atoms with Gasteiger partial charge in [0.25, 0.3) is 0 Å². The van der Waals surface area contributed by atoms with Gasteiger partial charge in [-0.15, -0.1) is 6.42 Å². The lowest BCUT2D eigenvalue weighted by atomic mass is 10.0. The molecule has 6 nitrogen and oxygen atoms in total. The molecule has 168 valence electrons. The maximum Gasteiger partial charge on any atom is 0.246 e. The van der Waals surface area contributed by atoms with Gasteiger partial charge in [0.2, 0.25) is 17.7 Å². The molecule has 32 heavy (non-hydrogen) atoms. The van der Waals surface area contributed by atoms with Gasteiger partial charge in [0.15, 0.2) is 0 Å². The number of carbonyl (C=O) groups is 3. The highest BCUT2D eigenvalue weighted by atomic mass is 19.1. The van der Waals surface area contributed by atoms with E-state index in [1.54, 1.807) is 0 Å². The molecule has 0 saturated carbocycles. The van der Waals surface area contributed by atoms with Crippen LogP contribution in [0.5, 0.6) is 0 Å². The highest BCUT2D eigenvalue weighted by Crippen LogP contribution is 2.09. The standard InChI is InChI=1S/C24H25F2N3O3/c1-4-10-29(3)24(32)21(13-17-8-6-5-7-9-17)28-23(31)16(2)22(30)27-15-18-11-19(25)14-20(26)12-18/h1,5-9,11-12,14,16,21H,10,13,15H2,2-3H3,(H,27,30)(H,28,31). The monoisotopic (exact) mass is 441 g/mol. The summed E-state index contributed by atoms with van der Waals surface area (Å²) in [6, 6.07) is 11.1. The first-order valence-electron chi connectivity index (χ1n) is 9.96. The van der Waals surface area contributed by atoms with Gasteiger partial charge in [0.05, 0.1) is 6.54 Å². The molecule has 0 bridgehead atoms. The van der Waals surface area contributed by atoms with Crippen molar-refractivity contribution < 1.29 is 23.2 Å². The zero-order chi connectivity index (χ0) is 23.7. The fourth-order valence-corrected chi connectivity index (χ4v) is 3.00. The summed E-state index contributed by atoms with van der Waals surface area (Å²) in [6.07, 6.45) is 5.50. The second-order valence-corrected chi connectivity index (χ2v) is 7.37. The Kier molecular flexibility index (Phi) is 8.90. The Labute approximate surface area is 186 Å². The van der Waals surface area contributed by atoms with Gasteiger partial charge in [0, 0.05) is 26.1 Å². The van der Waals surface area contributed by atoms with Crippen LogP contribution in [-0.4, -0.2) is 42.3 Å². The van der Waals surface area contributed by atoms with E-state index in [1.807, 2.05) is 30.3 Å². The highest BCUT2D eigenvalue weighted by molar-refractivity contribution is 6.01. The number of likely N-dealkylation sites (N-methyl/N-ethyl adjacent to an activating group) is 1. The number of nitrogens with zero attached hydrogens (tertiary/aromatic N) is 1. The number of hydrogen-bond acceptors (Lipinski definition) is 3. The van der Waals surface area contributed by atoms with Gasteiger partial charge in [-0.25, -0.2) is 8.78 Å². The summed E-state index contributed by atoms with van der Waals surface area (Å²) in [5, 5.41) is 5.10. The van der Waals surface area contributed by atoms with Gasteiger partial charge in [-0.05, 0) is 30.2 Å². The first-order chi connectivity index (χ1) is 15.2. The normalized spacial score (nSPS) is 12.2. The Hall–Kier alpha value is -3.73. The van der Waals surface area contributed by atoms with Gasteiger partial charge in [0.1, 0.15) is 23.6 Å². The number of nitrogens with one attached hydrogen (secondary N) is 2. The lowest BCUT2D eigenvalue weighted by Gasteiger charge is -2.24. The van der Waals surface area contributed by atoms with Crippen molar-refractivity contribution in [3.8, 4) is 12.3 Å². The highest BCUT2D eigenvalue weighted by Gasteiger charge is 2.28. The van der Waals surface area contributed by atoms with Crippen molar-refractivity contribution in [2.24, 2.45) is 5.92 Å². The maximum atomic E-state index is 13.3. The number of amides is 3. The van der Waals surface area contributed by atoms with E-state index >= 15 is 0 Å². The van der Waals surface area contributed by atoms with Crippen LogP contribution in [0.2, 0.25) is 0 Å². The fourth-order valence-electron chi connectivity index (χ4n) is 3.00. The van der Waals surface area contributed by atoms with Crippen LogP contribution >= 0.6 is 0 Å². The quantitative estimate of drug-likeness (QED) is 0.462. The summed E-state index contributed by atoms with van der Waals surface area (Å²) in [7, 11) is 1.53. The molecule has 2 N–H and O–H groups in total. The summed E-state index contributed by atoms with van der Waals surface area (Å²) < 4.78 is 26.6. The minimum atomic E-state index is -1.14. The van der Waals surface area contributed by atoms with Gasteiger partial charge in [-0.1, -0.05) is 36.3 Å². The third-order valence-electron chi connectivity index (χ3n) is 4.78. The van der Waals surface area contributed by atoms with Gasteiger partial charge in [-0.3, -0.25) is 14.4 Å². The molecule has 0 aromatic heterocycles. The Morgan fingerprint density at radius 3 is 2.25 bits per heavy atom. The zero-order valence-electron chi connectivity index (χ0n) is 17.9. The predicted molar refractivity (Wildman–Crippen MR) is 116 cm³/mol. The van der Waals surface area contributed by atoms with Crippen molar-refractivity contribution in [2.45, 2.75) is 25.9 Å². The lowest BCUT2D eigenvalue weighted by Crippen LogP contribution is -2.51. The van der Waals surface area contributed by atoms with Crippen LogP contribution in [0, 0.1) is 29.9 Å². The molecule has 0 aliphatic carbocycles. The number of terminal acetylenes is 1. The number of halogens is 2. The number of hydrogen-bond donors (Lipinski definition) is 2. The maximum absolute atomic E-state index is 13.3. The Balaban J connectivity index is 2.05. The molecule has 2 aromatic carbocycles. The summed E-state index contributed by atoms with van der Waals surface area (Å²) >= 11 is 0. The predicted octanol–water partition coefficient (Wildman–Crippen LogP) is 2.04. The van der Waals surface area contributed by atoms with Gasteiger partial charge >= 0.3 is 0 Å². The first kappa shape index (κ1) is 24.5. The topological polar surface area (TPSA) is 78.5 Å². The van der Waals surface area contributed by atoms with Crippen molar-refractivity contribution in [1.29, 1.82) is 0 Å². The molecule has 0 aliphatic rings. The van der Waals surface area contributed by atoms with E-state index < -0.39 is 35.4 Å². The molecule has 0 aliphatic heterocycles. The molecule has 2 rings (SSSR count). The minimum absolute atomic E-state index is 0.0697. The van der Waals surface area contributed by atoms with Crippen molar-refractivity contribution in [2.75, 3.05) is 13.6 Å². The van der Waals surface area contributed by atoms with Crippen molar-refractivity contribution in [3.05, 3.63) is 71.3 Å². The van der Waals surface area contributed by atoms with Gasteiger partial charge in [-0.2, -0.15) is 0 Å². The molecule has 2 atom stereocenters. The van der Waals surface area contributed by atoms with E-state index in [4.69, 9.17) is 6.42 Å². The number of rotatable bonds is 9. The fraction of sp³-hybridized carbons (Fsp3) is 0.292. The molecule has 2 unspecified atom stereocenters. The number of carbonyl (C=O) groups excluding carboxylic acids is 3. The minimum Gasteiger partial charge on any atom is -0.351 e. The SMILES string of the molecule is C#CCN(C)C(=O)C(Cc1ccccc1)NC(=O)C(C)C(=O)NCc1cc(F)cc(F)c1. The van der Waals surface area contributed by atoms with Crippen molar-refractivity contribution in [3.63, 3.8) is 0 Å². The second-order valence-electron chi connectivity index (χ2n) is 7.37. The van der Waals surface area contributed by atoms with Crippen LogP contribution in [0.1, 0.15) is 18.1 Å². The van der Waals surface area contributed by atoms with E-state index in [0.717, 1.165) is 23.8 Å². The summed E-state index contributed by atoms with van der Waals surface area (Å²) in [5.74, 6) is -1.98. The second kappa shape index (κ2) is 11.6. The van der Waals surface area contributed by atoms with Gasteiger partial charge < -0.3 is 15.5 Å². The third kappa shape index (κ3) is 7.20. The van der Waals surface area contributed by atoms with Crippen LogP contribution < -0.4 is 10.6 Å². The molecule has 0 saturated heterocycles. The summed E-state index contributed by atoms with van der Waals surface area (Å²) in [6.45, 7) is 1.30. The summed E-state index contributed by atoms with van der Waals surface area (Å²) in [4.78, 5) is 39.2. The van der Waals surface area contributed by atoms with E-state index in [1.165, 1.54) is 18.9 Å². The van der Waals surface area contributed by atoms with Crippen LogP contribution in [0.4, 0.5) is 8.78 Å². The largest absolute Gasteiger partial charge is 0.351 e. The molecule has 2 aromatic rings. The van der Waals surface area contributed by atoms with Crippen molar-refractivity contribution >= 4 is 17.7 Å². The molecule has 0 spiro atoms. The first-order valence-corrected chi connectivity index (χ1v) is 9.96. The van der Waals surface area contributed by atoms with E-state index in [2.05, 4.69) is 16.6 Å². The van der Waals surface area contributed by atoms with Crippen LogP contribution in [0.15, 0.2) is 48.5 Å². The van der Waals surface area contributed by atoms with Crippen molar-refractivity contribution in [1.82, 2.24) is 15.5 Å². The Bertz CT molecular complexity index is 985. The molecular formula is C24H25F2N3O3. The summed E-state index contributed by atoms with van der Waals surface area (Å²) in [5.41, 5.74) is 1.04. The van der Waals surface area contributed by atoms with Crippen LogP contribution in [0.25, 0.3) is 0 Å². The number of benzene rings is 2. The molecule has 0 fully saturated rings. The molecule has 3 amide bonds. The molecular weight excluding hydrogens is 416 g/mol. The average Bonchev–Trinajstić information content (AvgIpc) is 2.76. The molecule has 8 heteroatoms. The smallest absolute Gasteiger partial charge is 0.246 e. The molecule has 0 radical (unpaired) electrons. The van der Waals surface area contributed by atoms with E-state index in [9.17, 15) is 23.2 Å². The van der Waals surface area contributed by atoms with Crippen LogP contribution in [-0.2, 0) is 27.3 Å². The lowest BCUT2D eigenvalue weighted by molar-refractivity contribution is -0.139. The van der Waals surface area contributed by atoms with E-state index in [0.29, 0.717) is 0 Å². The van der Waals surface area contributed by atoms with E-state index in [-0.39, 0.29) is 31.0 Å². The zero-order valence-corrected chi connectivity index (χ0v) is 17.9. The third-order valence-corrected chi connectivity index (χ3v) is 4.78. The average molecular weight is 441 g/mol. The Morgan fingerprint density at radius 1 is 1.03 bits per heavy atom. The van der Waals surface area contributed by atoms with Crippen LogP contribution in [0.3, 0.4) is 0 Å². The molecule has 0 heterocycles.